The summed E-state index contributed by atoms with van der Waals surface area (Å²) in [7, 11) is 0. The average Bonchev–Trinajstić information content (AvgIpc) is 2.30. The zero-order valence-corrected chi connectivity index (χ0v) is 12.9. The van der Waals surface area contributed by atoms with Crippen LogP contribution in [0.5, 0.6) is 17.2 Å². The van der Waals surface area contributed by atoms with Crippen molar-refractivity contribution in [1.82, 2.24) is 0 Å². The van der Waals surface area contributed by atoms with E-state index < -0.39 is 17.5 Å². The SMILES string of the molecule is CC(=O)Oc1ccc2c(c1OC(C)=O)OC(C)(C)C=C2Cl. The van der Waals surface area contributed by atoms with Gasteiger partial charge in [0, 0.05) is 19.4 Å². The Morgan fingerprint density at radius 3 is 2.33 bits per heavy atom. The van der Waals surface area contributed by atoms with Crippen molar-refractivity contribution >= 4 is 28.6 Å². The van der Waals surface area contributed by atoms with E-state index in [0.29, 0.717) is 10.6 Å². The van der Waals surface area contributed by atoms with Crippen molar-refractivity contribution in [1.29, 1.82) is 0 Å². The molecule has 1 aromatic rings. The van der Waals surface area contributed by atoms with Crippen molar-refractivity contribution in [2.24, 2.45) is 0 Å². The van der Waals surface area contributed by atoms with Gasteiger partial charge in [-0.15, -0.1) is 0 Å². The number of carbonyl (C=O) groups is 2. The fraction of sp³-hybridized carbons (Fsp3) is 0.333. The minimum absolute atomic E-state index is 0.0505. The maximum atomic E-state index is 11.3. The molecule has 0 bridgehead atoms. The van der Waals surface area contributed by atoms with E-state index in [9.17, 15) is 9.59 Å². The molecular formula is C15H15ClO5. The zero-order valence-electron chi connectivity index (χ0n) is 12.2. The molecule has 112 valence electrons. The standard InChI is InChI=1S/C15H15ClO5/c1-8(17)19-12-6-5-10-11(16)7-15(3,4)21-13(10)14(12)20-9(2)18/h5-7H,1-4H3. The van der Waals surface area contributed by atoms with E-state index >= 15 is 0 Å². The van der Waals surface area contributed by atoms with Crippen molar-refractivity contribution in [3.8, 4) is 17.2 Å². The maximum absolute atomic E-state index is 11.3. The topological polar surface area (TPSA) is 61.8 Å². The van der Waals surface area contributed by atoms with Gasteiger partial charge in [-0.05, 0) is 32.1 Å². The molecule has 1 aliphatic rings. The lowest BCUT2D eigenvalue weighted by Crippen LogP contribution is -2.29. The molecule has 1 aliphatic heterocycles. The molecule has 0 fully saturated rings. The lowest BCUT2D eigenvalue weighted by Gasteiger charge is -2.30. The van der Waals surface area contributed by atoms with Gasteiger partial charge in [-0.2, -0.15) is 0 Å². The Morgan fingerprint density at radius 2 is 1.76 bits per heavy atom. The molecule has 2 rings (SSSR count). The number of halogens is 1. The average molecular weight is 311 g/mol. The monoisotopic (exact) mass is 310 g/mol. The number of rotatable bonds is 2. The Morgan fingerprint density at radius 1 is 1.14 bits per heavy atom. The van der Waals surface area contributed by atoms with Crippen LogP contribution in [0.1, 0.15) is 33.3 Å². The first kappa shape index (κ1) is 15.4. The number of benzene rings is 1. The number of esters is 2. The summed E-state index contributed by atoms with van der Waals surface area (Å²) in [4.78, 5) is 22.5. The molecule has 0 atom stereocenters. The normalized spacial score (nSPS) is 15.4. The maximum Gasteiger partial charge on any atom is 0.308 e. The fourth-order valence-corrected chi connectivity index (χ4v) is 2.40. The predicted molar refractivity (Wildman–Crippen MR) is 77.6 cm³/mol. The van der Waals surface area contributed by atoms with Crippen LogP contribution in [0.25, 0.3) is 5.03 Å². The van der Waals surface area contributed by atoms with Crippen LogP contribution in [0.2, 0.25) is 0 Å². The molecule has 5 nitrogen and oxygen atoms in total. The van der Waals surface area contributed by atoms with Crippen LogP contribution in [0.3, 0.4) is 0 Å². The van der Waals surface area contributed by atoms with E-state index in [1.807, 2.05) is 13.8 Å². The smallest absolute Gasteiger partial charge is 0.308 e. The van der Waals surface area contributed by atoms with Gasteiger partial charge in [0.25, 0.3) is 0 Å². The summed E-state index contributed by atoms with van der Waals surface area (Å²) in [6, 6.07) is 3.16. The number of ether oxygens (including phenoxy) is 3. The lowest BCUT2D eigenvalue weighted by molar-refractivity contribution is -0.134. The lowest BCUT2D eigenvalue weighted by atomic mass is 10.0. The third-order valence-corrected chi connectivity index (χ3v) is 2.98. The Labute approximate surface area is 127 Å². The highest BCUT2D eigenvalue weighted by Crippen LogP contribution is 2.48. The molecule has 0 N–H and O–H groups in total. The minimum Gasteiger partial charge on any atom is -0.479 e. The fourth-order valence-electron chi connectivity index (χ4n) is 1.99. The number of hydrogen-bond donors (Lipinski definition) is 0. The quantitative estimate of drug-likeness (QED) is 0.619. The predicted octanol–water partition coefficient (Wildman–Crippen LogP) is 3.29. The second-order valence-electron chi connectivity index (χ2n) is 5.15. The van der Waals surface area contributed by atoms with Gasteiger partial charge in [-0.1, -0.05) is 11.6 Å². The first-order valence-corrected chi connectivity index (χ1v) is 6.69. The highest BCUT2D eigenvalue weighted by atomic mass is 35.5. The summed E-state index contributed by atoms with van der Waals surface area (Å²) in [6.45, 7) is 6.14. The summed E-state index contributed by atoms with van der Waals surface area (Å²) in [5.74, 6) is -0.640. The molecular weight excluding hydrogens is 296 g/mol. The molecule has 1 aromatic carbocycles. The summed E-state index contributed by atoms with van der Waals surface area (Å²) in [6.07, 6.45) is 1.75. The number of hydrogen-bond acceptors (Lipinski definition) is 5. The molecule has 0 amide bonds. The van der Waals surface area contributed by atoms with Crippen LogP contribution in [0, 0.1) is 0 Å². The molecule has 6 heteroatoms. The van der Waals surface area contributed by atoms with E-state index in [2.05, 4.69) is 0 Å². The van der Waals surface area contributed by atoms with Crippen LogP contribution >= 0.6 is 11.6 Å². The Balaban J connectivity index is 2.62. The summed E-state index contributed by atoms with van der Waals surface area (Å²) < 4.78 is 16.0. The van der Waals surface area contributed by atoms with E-state index in [-0.39, 0.29) is 17.2 Å². The highest BCUT2D eigenvalue weighted by molar-refractivity contribution is 6.49. The van der Waals surface area contributed by atoms with Crippen molar-refractivity contribution in [2.45, 2.75) is 33.3 Å². The largest absolute Gasteiger partial charge is 0.479 e. The highest BCUT2D eigenvalue weighted by Gasteiger charge is 2.31. The Bertz CT molecular complexity index is 646. The first-order chi connectivity index (χ1) is 9.69. The van der Waals surface area contributed by atoms with Crippen LogP contribution in [-0.4, -0.2) is 17.5 Å². The van der Waals surface area contributed by atoms with Crippen LogP contribution < -0.4 is 14.2 Å². The van der Waals surface area contributed by atoms with Gasteiger partial charge in [-0.25, -0.2) is 0 Å². The Kier molecular flexibility index (Phi) is 3.96. The number of carbonyl (C=O) groups excluding carboxylic acids is 2. The summed E-state index contributed by atoms with van der Waals surface area (Å²) in [5, 5.41) is 0.476. The molecule has 1 heterocycles. The first-order valence-electron chi connectivity index (χ1n) is 6.31. The van der Waals surface area contributed by atoms with Crippen molar-refractivity contribution in [2.75, 3.05) is 0 Å². The third kappa shape index (κ3) is 3.36. The molecule has 0 aromatic heterocycles. The van der Waals surface area contributed by atoms with Crippen molar-refractivity contribution in [3.05, 3.63) is 23.8 Å². The van der Waals surface area contributed by atoms with Gasteiger partial charge in [0.05, 0.1) is 5.03 Å². The molecule has 0 radical (unpaired) electrons. The van der Waals surface area contributed by atoms with Gasteiger partial charge >= 0.3 is 11.9 Å². The van der Waals surface area contributed by atoms with Crippen molar-refractivity contribution < 1.29 is 23.8 Å². The van der Waals surface area contributed by atoms with Crippen LogP contribution in [-0.2, 0) is 9.59 Å². The van der Waals surface area contributed by atoms with Gasteiger partial charge in [0.1, 0.15) is 5.60 Å². The van der Waals surface area contributed by atoms with E-state index in [0.717, 1.165) is 0 Å². The minimum atomic E-state index is -0.673. The molecule has 0 saturated carbocycles. The second-order valence-corrected chi connectivity index (χ2v) is 5.56. The molecule has 21 heavy (non-hydrogen) atoms. The molecule has 0 spiro atoms. The summed E-state index contributed by atoms with van der Waals surface area (Å²) >= 11 is 6.23. The molecule has 0 saturated heterocycles. The van der Waals surface area contributed by atoms with E-state index in [1.54, 1.807) is 12.1 Å². The van der Waals surface area contributed by atoms with Gasteiger partial charge in [0.2, 0.25) is 5.75 Å². The van der Waals surface area contributed by atoms with Crippen LogP contribution in [0.15, 0.2) is 18.2 Å². The van der Waals surface area contributed by atoms with Gasteiger partial charge in [-0.3, -0.25) is 9.59 Å². The van der Waals surface area contributed by atoms with Gasteiger partial charge in [0.15, 0.2) is 11.5 Å². The summed E-state index contributed by atoms with van der Waals surface area (Å²) in [5.41, 5.74) is -0.100. The van der Waals surface area contributed by atoms with E-state index in [1.165, 1.54) is 19.9 Å². The molecule has 0 aliphatic carbocycles. The van der Waals surface area contributed by atoms with E-state index in [4.69, 9.17) is 25.8 Å². The number of fused-ring (bicyclic) bond motifs is 1. The van der Waals surface area contributed by atoms with Gasteiger partial charge < -0.3 is 14.2 Å². The van der Waals surface area contributed by atoms with Crippen LogP contribution in [0.4, 0.5) is 0 Å². The zero-order chi connectivity index (χ0) is 15.8. The Hall–Kier alpha value is -2.01. The van der Waals surface area contributed by atoms with Crippen molar-refractivity contribution in [3.63, 3.8) is 0 Å². The third-order valence-electron chi connectivity index (χ3n) is 2.67. The second kappa shape index (κ2) is 5.41. The molecule has 0 unspecified atom stereocenters.